The van der Waals surface area contributed by atoms with Crippen LogP contribution in [0.4, 0.5) is 0 Å². The summed E-state index contributed by atoms with van der Waals surface area (Å²) >= 11 is 0. The molecule has 0 heterocycles. The van der Waals surface area contributed by atoms with E-state index in [-0.39, 0.29) is 6.04 Å². The summed E-state index contributed by atoms with van der Waals surface area (Å²) in [5.41, 5.74) is 0.633. The summed E-state index contributed by atoms with van der Waals surface area (Å²) in [6.07, 6.45) is 0. The quantitative estimate of drug-likeness (QED) is 0.809. The van der Waals surface area contributed by atoms with Gasteiger partial charge in [-0.3, -0.25) is 10.1 Å². The summed E-state index contributed by atoms with van der Waals surface area (Å²) in [7, 11) is 3.06. The Morgan fingerprint density at radius 1 is 1.22 bits per heavy atom. The molecule has 0 aliphatic heterocycles. The highest BCUT2D eigenvalue weighted by Crippen LogP contribution is 2.30. The average molecular weight is 253 g/mol. The number of carboxylic acid groups (broad SMARTS) is 1. The lowest BCUT2D eigenvalue weighted by Crippen LogP contribution is -2.33. The van der Waals surface area contributed by atoms with Gasteiger partial charge >= 0.3 is 5.97 Å². The first-order valence-electron chi connectivity index (χ1n) is 5.70. The van der Waals surface area contributed by atoms with Gasteiger partial charge in [-0.25, -0.2) is 0 Å². The molecule has 0 saturated carbocycles. The van der Waals surface area contributed by atoms with E-state index < -0.39 is 12.0 Å². The second kappa shape index (κ2) is 6.26. The summed E-state index contributed by atoms with van der Waals surface area (Å²) in [4.78, 5) is 11.3. The van der Waals surface area contributed by atoms with Crippen LogP contribution >= 0.6 is 0 Å². The molecule has 0 aromatic heterocycles. The van der Waals surface area contributed by atoms with E-state index in [1.165, 1.54) is 7.11 Å². The largest absolute Gasteiger partial charge is 0.493 e. The van der Waals surface area contributed by atoms with Crippen LogP contribution in [0.3, 0.4) is 0 Å². The molecule has 18 heavy (non-hydrogen) atoms. The van der Waals surface area contributed by atoms with Crippen LogP contribution in [0.2, 0.25) is 0 Å². The van der Waals surface area contributed by atoms with Crippen molar-refractivity contribution < 1.29 is 19.4 Å². The van der Waals surface area contributed by atoms with Crippen LogP contribution in [-0.4, -0.2) is 31.3 Å². The van der Waals surface area contributed by atoms with E-state index >= 15 is 0 Å². The summed E-state index contributed by atoms with van der Waals surface area (Å²) < 4.78 is 10.3. The monoisotopic (exact) mass is 253 g/mol. The molecule has 1 aromatic rings. The van der Waals surface area contributed by atoms with Crippen molar-refractivity contribution in [1.82, 2.24) is 5.32 Å². The van der Waals surface area contributed by atoms with Crippen LogP contribution in [-0.2, 0) is 4.79 Å². The normalized spacial score (nSPS) is 12.3. The van der Waals surface area contributed by atoms with Crippen LogP contribution in [0.1, 0.15) is 25.5 Å². The molecule has 0 radical (unpaired) electrons. The van der Waals surface area contributed by atoms with Gasteiger partial charge in [-0.1, -0.05) is 6.07 Å². The van der Waals surface area contributed by atoms with Crippen LogP contribution in [0.15, 0.2) is 18.2 Å². The Balaban J connectivity index is 3.09. The van der Waals surface area contributed by atoms with Gasteiger partial charge in [0.15, 0.2) is 11.5 Å². The molecule has 0 fully saturated rings. The molecule has 1 rings (SSSR count). The number of rotatable bonds is 6. The molecule has 0 amide bonds. The molecule has 0 saturated heterocycles. The predicted octanol–water partition coefficient (Wildman–Crippen LogP) is 1.83. The summed E-state index contributed by atoms with van der Waals surface area (Å²) in [6, 6.07) is 4.40. The molecule has 5 nitrogen and oxygen atoms in total. The van der Waals surface area contributed by atoms with Crippen LogP contribution in [0.25, 0.3) is 0 Å². The molecule has 100 valence electrons. The minimum Gasteiger partial charge on any atom is -0.493 e. The maximum absolute atomic E-state index is 11.3. The number of hydrogen-bond donors (Lipinski definition) is 2. The molecule has 0 spiro atoms. The number of nitrogens with one attached hydrogen (secondary N) is 1. The Hall–Kier alpha value is -1.75. The molecule has 0 aliphatic rings. The third-order valence-corrected chi connectivity index (χ3v) is 2.49. The highest BCUT2D eigenvalue weighted by atomic mass is 16.5. The lowest BCUT2D eigenvalue weighted by atomic mass is 10.1. The maximum atomic E-state index is 11.3. The Morgan fingerprint density at radius 2 is 1.83 bits per heavy atom. The number of ether oxygens (including phenoxy) is 2. The Morgan fingerprint density at radius 3 is 2.28 bits per heavy atom. The molecule has 1 atom stereocenters. The van der Waals surface area contributed by atoms with Gasteiger partial charge in [-0.2, -0.15) is 0 Å². The summed E-state index contributed by atoms with van der Waals surface area (Å²) in [5.74, 6) is 0.178. The first-order valence-corrected chi connectivity index (χ1v) is 5.70. The van der Waals surface area contributed by atoms with Crippen molar-refractivity contribution in [3.8, 4) is 11.5 Å². The zero-order valence-electron chi connectivity index (χ0n) is 11.1. The number of carbonyl (C=O) groups is 1. The van der Waals surface area contributed by atoms with E-state index in [9.17, 15) is 9.90 Å². The molecule has 2 N–H and O–H groups in total. The topological polar surface area (TPSA) is 67.8 Å². The second-order valence-electron chi connectivity index (χ2n) is 4.21. The second-order valence-corrected chi connectivity index (χ2v) is 4.21. The van der Waals surface area contributed by atoms with Crippen molar-refractivity contribution in [2.45, 2.75) is 25.9 Å². The number of methoxy groups -OCH3 is 2. The zero-order valence-corrected chi connectivity index (χ0v) is 11.1. The SMILES string of the molecule is COc1ccc(C(NC(C)C)C(=O)O)cc1OC. The third-order valence-electron chi connectivity index (χ3n) is 2.49. The first-order chi connectivity index (χ1) is 8.49. The standard InChI is InChI=1S/C13H19NO4/c1-8(2)14-12(13(15)16)9-5-6-10(17-3)11(7-9)18-4/h5-8,12,14H,1-4H3,(H,15,16). The van der Waals surface area contributed by atoms with E-state index in [4.69, 9.17) is 9.47 Å². The smallest absolute Gasteiger partial charge is 0.325 e. The van der Waals surface area contributed by atoms with Crippen LogP contribution < -0.4 is 14.8 Å². The fourth-order valence-electron chi connectivity index (χ4n) is 1.68. The van der Waals surface area contributed by atoms with Gasteiger partial charge in [0.25, 0.3) is 0 Å². The van der Waals surface area contributed by atoms with Gasteiger partial charge in [-0.15, -0.1) is 0 Å². The minimum atomic E-state index is -0.920. The Kier molecular flexibility index (Phi) is 4.97. The average Bonchev–Trinajstić information content (AvgIpc) is 2.34. The van der Waals surface area contributed by atoms with Gasteiger partial charge in [-0.05, 0) is 31.5 Å². The van der Waals surface area contributed by atoms with E-state index in [1.54, 1.807) is 25.3 Å². The summed E-state index contributed by atoms with van der Waals surface area (Å²) in [6.45, 7) is 3.80. The van der Waals surface area contributed by atoms with Gasteiger partial charge in [0, 0.05) is 6.04 Å². The van der Waals surface area contributed by atoms with E-state index in [1.807, 2.05) is 13.8 Å². The number of benzene rings is 1. The molecule has 5 heteroatoms. The van der Waals surface area contributed by atoms with Gasteiger partial charge in [0.1, 0.15) is 6.04 Å². The summed E-state index contributed by atoms with van der Waals surface area (Å²) in [5, 5.41) is 12.2. The predicted molar refractivity (Wildman–Crippen MR) is 68.2 cm³/mol. The van der Waals surface area contributed by atoms with Gasteiger partial charge in [0.2, 0.25) is 0 Å². The number of hydrogen-bond acceptors (Lipinski definition) is 4. The molecule has 1 unspecified atom stereocenters. The van der Waals surface area contributed by atoms with Crippen molar-refractivity contribution in [2.24, 2.45) is 0 Å². The molecule has 1 aromatic carbocycles. The minimum absolute atomic E-state index is 0.0687. The zero-order chi connectivity index (χ0) is 13.7. The van der Waals surface area contributed by atoms with E-state index in [0.29, 0.717) is 17.1 Å². The van der Waals surface area contributed by atoms with Crippen molar-refractivity contribution in [3.05, 3.63) is 23.8 Å². The first kappa shape index (κ1) is 14.3. The van der Waals surface area contributed by atoms with Crippen molar-refractivity contribution in [3.63, 3.8) is 0 Å². The fraction of sp³-hybridized carbons (Fsp3) is 0.462. The molecular formula is C13H19NO4. The van der Waals surface area contributed by atoms with Gasteiger partial charge < -0.3 is 14.6 Å². The van der Waals surface area contributed by atoms with E-state index in [2.05, 4.69) is 5.32 Å². The Bertz CT molecular complexity index is 417. The highest BCUT2D eigenvalue weighted by Gasteiger charge is 2.21. The molecule has 0 aliphatic carbocycles. The van der Waals surface area contributed by atoms with Crippen molar-refractivity contribution in [2.75, 3.05) is 14.2 Å². The van der Waals surface area contributed by atoms with Crippen LogP contribution in [0, 0.1) is 0 Å². The lowest BCUT2D eigenvalue weighted by molar-refractivity contribution is -0.139. The maximum Gasteiger partial charge on any atom is 0.325 e. The van der Waals surface area contributed by atoms with E-state index in [0.717, 1.165) is 0 Å². The number of aliphatic carboxylic acids is 1. The van der Waals surface area contributed by atoms with Crippen LogP contribution in [0.5, 0.6) is 11.5 Å². The van der Waals surface area contributed by atoms with Crippen molar-refractivity contribution in [1.29, 1.82) is 0 Å². The Labute approximate surface area is 107 Å². The third kappa shape index (κ3) is 3.37. The highest BCUT2D eigenvalue weighted by molar-refractivity contribution is 5.76. The molecular weight excluding hydrogens is 234 g/mol. The lowest BCUT2D eigenvalue weighted by Gasteiger charge is -2.19. The van der Waals surface area contributed by atoms with Gasteiger partial charge in [0.05, 0.1) is 14.2 Å². The fourth-order valence-corrected chi connectivity index (χ4v) is 1.68. The van der Waals surface area contributed by atoms with Crippen molar-refractivity contribution >= 4 is 5.97 Å². The number of carboxylic acids is 1. The molecule has 0 bridgehead atoms.